The van der Waals surface area contributed by atoms with E-state index < -0.39 is 6.04 Å². The lowest BCUT2D eigenvalue weighted by atomic mass is 10.2. The molecule has 0 aromatic heterocycles. The zero-order valence-electron chi connectivity index (χ0n) is 12.5. The summed E-state index contributed by atoms with van der Waals surface area (Å²) in [5.41, 5.74) is 6.34. The third-order valence-corrected chi connectivity index (χ3v) is 2.64. The molecule has 0 spiro atoms. The summed E-state index contributed by atoms with van der Waals surface area (Å²) >= 11 is 0. The molecule has 0 aliphatic carbocycles. The lowest BCUT2D eigenvalue weighted by Gasteiger charge is -2.12. The van der Waals surface area contributed by atoms with E-state index >= 15 is 0 Å². The summed E-state index contributed by atoms with van der Waals surface area (Å²) in [6.45, 7) is 1.99. The Balaban J connectivity index is 0.00000400. The van der Waals surface area contributed by atoms with Crippen molar-refractivity contribution in [2.75, 3.05) is 20.7 Å². The second kappa shape index (κ2) is 9.20. The van der Waals surface area contributed by atoms with Crippen molar-refractivity contribution in [1.82, 2.24) is 10.2 Å². The van der Waals surface area contributed by atoms with E-state index in [0.29, 0.717) is 12.3 Å². The quantitative estimate of drug-likeness (QED) is 0.802. The SMILES string of the molecule is C[C@H](N)C(=O)NCc1cccc(OCC(=O)N(C)C)c1.Cl. The van der Waals surface area contributed by atoms with E-state index in [1.807, 2.05) is 12.1 Å². The van der Waals surface area contributed by atoms with Crippen LogP contribution in [0, 0.1) is 0 Å². The molecule has 1 aromatic rings. The highest BCUT2D eigenvalue weighted by molar-refractivity contribution is 5.85. The molecule has 0 aliphatic heterocycles. The molecule has 0 saturated carbocycles. The number of carbonyl (C=O) groups is 2. The van der Waals surface area contributed by atoms with E-state index in [0.717, 1.165) is 5.56 Å². The summed E-state index contributed by atoms with van der Waals surface area (Å²) in [7, 11) is 3.34. The minimum absolute atomic E-state index is 0. The van der Waals surface area contributed by atoms with Gasteiger partial charge in [0.25, 0.3) is 5.91 Å². The molecule has 2 amide bonds. The second-order valence-electron chi connectivity index (χ2n) is 4.73. The van der Waals surface area contributed by atoms with Gasteiger partial charge in [0.15, 0.2) is 6.61 Å². The number of hydrogen-bond donors (Lipinski definition) is 2. The molecule has 0 saturated heterocycles. The maximum Gasteiger partial charge on any atom is 0.259 e. The van der Waals surface area contributed by atoms with Crippen LogP contribution in [0.4, 0.5) is 0 Å². The van der Waals surface area contributed by atoms with Crippen molar-refractivity contribution in [2.24, 2.45) is 5.73 Å². The molecule has 0 heterocycles. The van der Waals surface area contributed by atoms with Gasteiger partial charge in [0.1, 0.15) is 5.75 Å². The molecular formula is C14H22ClN3O3. The number of benzene rings is 1. The van der Waals surface area contributed by atoms with Gasteiger partial charge in [-0.3, -0.25) is 9.59 Å². The van der Waals surface area contributed by atoms with E-state index in [4.69, 9.17) is 10.5 Å². The Bertz CT molecular complexity index is 439. The molecule has 1 rings (SSSR count). The van der Waals surface area contributed by atoms with E-state index in [1.54, 1.807) is 33.2 Å². The predicted octanol–water partition coefficient (Wildman–Crippen LogP) is 0.539. The third-order valence-electron chi connectivity index (χ3n) is 2.64. The lowest BCUT2D eigenvalue weighted by Crippen LogP contribution is -2.37. The zero-order chi connectivity index (χ0) is 15.1. The Morgan fingerprint density at radius 3 is 2.62 bits per heavy atom. The molecule has 21 heavy (non-hydrogen) atoms. The van der Waals surface area contributed by atoms with Gasteiger partial charge in [0.05, 0.1) is 6.04 Å². The van der Waals surface area contributed by atoms with Crippen LogP contribution in [-0.4, -0.2) is 43.5 Å². The Labute approximate surface area is 131 Å². The van der Waals surface area contributed by atoms with Crippen molar-refractivity contribution in [3.8, 4) is 5.75 Å². The average Bonchev–Trinajstić information content (AvgIpc) is 2.42. The molecule has 1 aromatic carbocycles. The number of halogens is 1. The van der Waals surface area contributed by atoms with Gasteiger partial charge >= 0.3 is 0 Å². The van der Waals surface area contributed by atoms with Crippen LogP contribution in [0.15, 0.2) is 24.3 Å². The van der Waals surface area contributed by atoms with Crippen molar-refractivity contribution in [3.63, 3.8) is 0 Å². The van der Waals surface area contributed by atoms with Crippen LogP contribution in [0.25, 0.3) is 0 Å². The maximum absolute atomic E-state index is 11.4. The van der Waals surface area contributed by atoms with Crippen molar-refractivity contribution >= 4 is 24.2 Å². The van der Waals surface area contributed by atoms with Gasteiger partial charge in [-0.2, -0.15) is 0 Å². The highest BCUT2D eigenvalue weighted by Crippen LogP contribution is 2.13. The molecule has 0 unspecified atom stereocenters. The van der Waals surface area contributed by atoms with Gasteiger partial charge in [-0.15, -0.1) is 12.4 Å². The van der Waals surface area contributed by atoms with Gasteiger partial charge < -0.3 is 20.7 Å². The van der Waals surface area contributed by atoms with E-state index in [1.165, 1.54) is 4.90 Å². The number of nitrogens with one attached hydrogen (secondary N) is 1. The average molecular weight is 316 g/mol. The number of ether oxygens (including phenoxy) is 1. The minimum Gasteiger partial charge on any atom is -0.484 e. The Kier molecular flexibility index (Phi) is 8.42. The maximum atomic E-state index is 11.4. The van der Waals surface area contributed by atoms with Crippen LogP contribution in [0.1, 0.15) is 12.5 Å². The van der Waals surface area contributed by atoms with Crippen LogP contribution in [0.2, 0.25) is 0 Å². The normalized spacial score (nSPS) is 11.0. The van der Waals surface area contributed by atoms with Crippen molar-refractivity contribution < 1.29 is 14.3 Å². The van der Waals surface area contributed by atoms with Crippen LogP contribution < -0.4 is 15.8 Å². The summed E-state index contributed by atoms with van der Waals surface area (Å²) in [6, 6.07) is 6.68. The van der Waals surface area contributed by atoms with Crippen LogP contribution in [0.5, 0.6) is 5.75 Å². The fourth-order valence-corrected chi connectivity index (χ4v) is 1.37. The number of carbonyl (C=O) groups excluding carboxylic acids is 2. The number of nitrogens with two attached hydrogens (primary N) is 1. The van der Waals surface area contributed by atoms with Crippen LogP contribution >= 0.6 is 12.4 Å². The topological polar surface area (TPSA) is 84.7 Å². The summed E-state index contributed by atoms with van der Waals surface area (Å²) < 4.78 is 5.40. The molecule has 7 heteroatoms. The standard InChI is InChI=1S/C14H21N3O3.ClH/c1-10(15)14(19)16-8-11-5-4-6-12(7-11)20-9-13(18)17(2)3;/h4-7,10H,8-9,15H2,1-3H3,(H,16,19);1H/t10-;/m0./s1. The highest BCUT2D eigenvalue weighted by atomic mass is 35.5. The third kappa shape index (κ3) is 6.97. The molecule has 6 nitrogen and oxygen atoms in total. The Hall–Kier alpha value is -1.79. The van der Waals surface area contributed by atoms with Gasteiger partial charge in [0.2, 0.25) is 5.91 Å². The molecule has 0 radical (unpaired) electrons. The number of rotatable bonds is 6. The zero-order valence-corrected chi connectivity index (χ0v) is 13.3. The summed E-state index contributed by atoms with van der Waals surface area (Å²) in [5.74, 6) is 0.271. The van der Waals surface area contributed by atoms with Gasteiger partial charge in [-0.05, 0) is 24.6 Å². The largest absolute Gasteiger partial charge is 0.484 e. The van der Waals surface area contributed by atoms with Crippen LogP contribution in [-0.2, 0) is 16.1 Å². The second-order valence-corrected chi connectivity index (χ2v) is 4.73. The van der Waals surface area contributed by atoms with Crippen molar-refractivity contribution in [1.29, 1.82) is 0 Å². The molecule has 0 bridgehead atoms. The van der Waals surface area contributed by atoms with Gasteiger partial charge in [-0.25, -0.2) is 0 Å². The molecule has 0 aliphatic rings. The summed E-state index contributed by atoms with van der Waals surface area (Å²) in [5, 5.41) is 2.71. The number of nitrogens with zero attached hydrogens (tertiary/aromatic N) is 1. The monoisotopic (exact) mass is 315 g/mol. The Morgan fingerprint density at radius 2 is 2.05 bits per heavy atom. The van der Waals surface area contributed by atoms with Gasteiger partial charge in [-0.1, -0.05) is 12.1 Å². The first-order valence-electron chi connectivity index (χ1n) is 6.35. The van der Waals surface area contributed by atoms with E-state index in [2.05, 4.69) is 5.32 Å². The fraction of sp³-hybridized carbons (Fsp3) is 0.429. The Morgan fingerprint density at radius 1 is 1.38 bits per heavy atom. The first-order valence-corrected chi connectivity index (χ1v) is 6.35. The number of hydrogen-bond acceptors (Lipinski definition) is 4. The first-order chi connectivity index (χ1) is 9.40. The molecule has 3 N–H and O–H groups in total. The molecule has 118 valence electrons. The van der Waals surface area contributed by atoms with Crippen LogP contribution in [0.3, 0.4) is 0 Å². The predicted molar refractivity (Wildman–Crippen MR) is 83.4 cm³/mol. The number of likely N-dealkylation sites (N-methyl/N-ethyl adjacent to an activating group) is 1. The van der Waals surface area contributed by atoms with E-state index in [9.17, 15) is 9.59 Å². The smallest absolute Gasteiger partial charge is 0.259 e. The highest BCUT2D eigenvalue weighted by Gasteiger charge is 2.07. The molecule has 1 atom stereocenters. The first kappa shape index (κ1) is 19.2. The summed E-state index contributed by atoms with van der Waals surface area (Å²) in [4.78, 5) is 24.3. The number of amides is 2. The van der Waals surface area contributed by atoms with Gasteiger partial charge in [0, 0.05) is 20.6 Å². The fourth-order valence-electron chi connectivity index (χ4n) is 1.37. The molecular weight excluding hydrogens is 294 g/mol. The lowest BCUT2D eigenvalue weighted by molar-refractivity contribution is -0.130. The summed E-state index contributed by atoms with van der Waals surface area (Å²) in [6.07, 6.45) is 0. The molecule has 0 fully saturated rings. The van der Waals surface area contributed by atoms with Crippen molar-refractivity contribution in [2.45, 2.75) is 19.5 Å². The minimum atomic E-state index is -0.535. The van der Waals surface area contributed by atoms with Crippen molar-refractivity contribution in [3.05, 3.63) is 29.8 Å². The van der Waals surface area contributed by atoms with E-state index in [-0.39, 0.29) is 30.8 Å².